The highest BCUT2D eigenvalue weighted by atomic mass is 35.5. The van der Waals surface area contributed by atoms with Gasteiger partial charge in [0.25, 0.3) is 0 Å². The molecule has 9 heteroatoms. The van der Waals surface area contributed by atoms with E-state index in [1.807, 2.05) is 13.8 Å². The minimum absolute atomic E-state index is 0.0420. The molecule has 33 heavy (non-hydrogen) atoms. The highest BCUT2D eigenvalue weighted by Gasteiger charge is 2.44. The fraction of sp³-hybridized carbons (Fsp3) is 0.250. The number of sulfonamides is 1. The zero-order valence-electron chi connectivity index (χ0n) is 18.2. The maximum atomic E-state index is 13.4. The van der Waals surface area contributed by atoms with Crippen LogP contribution in [0.2, 0.25) is 5.02 Å². The van der Waals surface area contributed by atoms with Gasteiger partial charge >= 0.3 is 0 Å². The van der Waals surface area contributed by atoms with Gasteiger partial charge in [0.1, 0.15) is 5.82 Å². The second-order valence-electron chi connectivity index (χ2n) is 9.07. The molecular weight excluding hydrogens is 460 g/mol. The van der Waals surface area contributed by atoms with Crippen LogP contribution >= 0.6 is 11.6 Å². The summed E-state index contributed by atoms with van der Waals surface area (Å²) in [5.41, 5.74) is 9.02. The summed E-state index contributed by atoms with van der Waals surface area (Å²) >= 11 is 6.06. The van der Waals surface area contributed by atoms with Crippen molar-refractivity contribution in [1.29, 1.82) is 5.26 Å². The van der Waals surface area contributed by atoms with Crippen LogP contribution in [0.4, 0.5) is 5.69 Å². The first-order valence-electron chi connectivity index (χ1n) is 10.3. The molecule has 0 radical (unpaired) electrons. The number of nitrogens with two attached hydrogens (primary N) is 2. The van der Waals surface area contributed by atoms with E-state index in [1.54, 1.807) is 41.3 Å². The largest absolute Gasteiger partial charge is 0.384 e. The van der Waals surface area contributed by atoms with Gasteiger partial charge in [-0.25, -0.2) is 13.6 Å². The molecule has 1 aliphatic carbocycles. The number of hydrogen-bond donors (Lipinski definition) is 2. The molecule has 2 aromatic rings. The van der Waals surface area contributed by atoms with Crippen molar-refractivity contribution >= 4 is 33.1 Å². The molecule has 2 aromatic carbocycles. The highest BCUT2D eigenvalue weighted by Crippen LogP contribution is 2.50. The average molecular weight is 483 g/mol. The molecule has 0 unspecified atom stereocenters. The number of primary sulfonamides is 1. The molecule has 7 nitrogen and oxygen atoms in total. The predicted molar refractivity (Wildman–Crippen MR) is 126 cm³/mol. The van der Waals surface area contributed by atoms with Crippen molar-refractivity contribution in [2.24, 2.45) is 16.3 Å². The molecule has 0 saturated carbocycles. The van der Waals surface area contributed by atoms with Gasteiger partial charge in [-0.15, -0.1) is 0 Å². The Morgan fingerprint density at radius 2 is 1.70 bits per heavy atom. The van der Waals surface area contributed by atoms with Crippen molar-refractivity contribution in [2.75, 3.05) is 4.90 Å². The number of benzene rings is 2. The van der Waals surface area contributed by atoms with Gasteiger partial charge in [-0.2, -0.15) is 5.26 Å². The fourth-order valence-corrected chi connectivity index (χ4v) is 5.22. The van der Waals surface area contributed by atoms with Crippen LogP contribution in [0.25, 0.3) is 0 Å². The molecule has 0 fully saturated rings. The molecule has 4 N–H and O–H groups in total. The quantitative estimate of drug-likeness (QED) is 0.681. The Morgan fingerprint density at radius 3 is 2.24 bits per heavy atom. The van der Waals surface area contributed by atoms with E-state index in [4.69, 9.17) is 22.5 Å². The maximum absolute atomic E-state index is 13.4. The lowest BCUT2D eigenvalue weighted by Gasteiger charge is -2.43. The third-order valence-corrected chi connectivity index (χ3v) is 7.19. The Hall–Kier alpha value is -3.12. The summed E-state index contributed by atoms with van der Waals surface area (Å²) in [4.78, 5) is 15.1. The molecule has 1 aliphatic heterocycles. The van der Waals surface area contributed by atoms with E-state index in [9.17, 15) is 18.5 Å². The third-order valence-electron chi connectivity index (χ3n) is 6.01. The van der Waals surface area contributed by atoms with Crippen molar-refractivity contribution in [2.45, 2.75) is 37.5 Å². The molecule has 0 spiro atoms. The minimum atomic E-state index is -3.87. The Balaban J connectivity index is 1.96. The Kier molecular flexibility index (Phi) is 5.61. The van der Waals surface area contributed by atoms with E-state index in [2.05, 4.69) is 6.07 Å². The third kappa shape index (κ3) is 4.15. The molecule has 0 amide bonds. The minimum Gasteiger partial charge on any atom is -0.384 e. The number of hydrogen-bond acceptors (Lipinski definition) is 6. The number of ketones is 1. The van der Waals surface area contributed by atoms with Crippen LogP contribution in [0.5, 0.6) is 0 Å². The number of Topliss-reactive ketones (excluding diaryl/α,β-unsaturated/α-hetero) is 1. The van der Waals surface area contributed by atoms with Crippen molar-refractivity contribution in [1.82, 2.24) is 0 Å². The van der Waals surface area contributed by atoms with E-state index in [0.717, 1.165) is 5.56 Å². The van der Waals surface area contributed by atoms with Crippen LogP contribution in [-0.2, 0) is 14.8 Å². The molecule has 0 saturated heterocycles. The van der Waals surface area contributed by atoms with Crippen LogP contribution in [-0.4, -0.2) is 14.2 Å². The van der Waals surface area contributed by atoms with E-state index < -0.39 is 15.9 Å². The Morgan fingerprint density at radius 1 is 1.09 bits per heavy atom. The number of carbonyl (C=O) groups excluding carboxylic acids is 1. The molecule has 1 atom stereocenters. The standard InChI is InChI=1S/C24H23ClN4O3S/c1-24(2)11-19-22(20(30)12-24)21(14-3-5-15(25)6-4-14)18(13-26)23(27)29(19)16-7-9-17(10-8-16)33(28,31)32/h3-10,21H,11-12,27H2,1-2H3,(H2,28,31,32)/t21-/m1/s1. The molecule has 170 valence electrons. The zero-order chi connectivity index (χ0) is 24.1. The van der Waals surface area contributed by atoms with Crippen LogP contribution < -0.4 is 15.8 Å². The maximum Gasteiger partial charge on any atom is 0.238 e. The summed E-state index contributed by atoms with van der Waals surface area (Å²) in [5, 5.41) is 15.8. The lowest BCUT2D eigenvalue weighted by Crippen LogP contribution is -2.42. The number of nitriles is 1. The topological polar surface area (TPSA) is 130 Å². The molecule has 1 heterocycles. The van der Waals surface area contributed by atoms with Gasteiger partial charge in [-0.1, -0.05) is 37.6 Å². The van der Waals surface area contributed by atoms with Crippen LogP contribution in [0, 0.1) is 16.7 Å². The van der Waals surface area contributed by atoms with Crippen LogP contribution in [0.15, 0.2) is 76.1 Å². The smallest absolute Gasteiger partial charge is 0.238 e. The van der Waals surface area contributed by atoms with Crippen molar-refractivity contribution in [3.05, 3.63) is 81.8 Å². The van der Waals surface area contributed by atoms with Crippen LogP contribution in [0.1, 0.15) is 38.2 Å². The SMILES string of the molecule is CC1(C)CC(=O)C2=C(C1)N(c1ccc(S(N)(=O)=O)cc1)C(N)=C(C#N)[C@H]2c1ccc(Cl)cc1. The average Bonchev–Trinajstić information content (AvgIpc) is 2.72. The number of nitrogens with zero attached hydrogens (tertiary/aromatic N) is 2. The number of carbonyl (C=O) groups is 1. The van der Waals surface area contributed by atoms with Gasteiger partial charge in [0.15, 0.2) is 5.78 Å². The lowest BCUT2D eigenvalue weighted by molar-refractivity contribution is -0.118. The van der Waals surface area contributed by atoms with E-state index >= 15 is 0 Å². The second-order valence-corrected chi connectivity index (χ2v) is 11.1. The number of rotatable bonds is 3. The van der Waals surface area contributed by atoms with Gasteiger partial charge in [0, 0.05) is 28.4 Å². The molecule has 0 aromatic heterocycles. The Bertz CT molecular complexity index is 1350. The zero-order valence-corrected chi connectivity index (χ0v) is 19.7. The number of halogens is 1. The van der Waals surface area contributed by atoms with Crippen molar-refractivity contribution in [3.8, 4) is 6.07 Å². The molecule has 2 aliphatic rings. The van der Waals surface area contributed by atoms with Gasteiger partial charge in [-0.05, 0) is 53.8 Å². The van der Waals surface area contributed by atoms with E-state index in [0.29, 0.717) is 34.8 Å². The molecule has 0 bridgehead atoms. The summed E-state index contributed by atoms with van der Waals surface area (Å²) in [6, 6.07) is 15.1. The fourth-order valence-electron chi connectivity index (χ4n) is 4.58. The number of allylic oxidation sites excluding steroid dienone is 3. The van der Waals surface area contributed by atoms with Crippen LogP contribution in [0.3, 0.4) is 0 Å². The highest BCUT2D eigenvalue weighted by molar-refractivity contribution is 7.89. The summed E-state index contributed by atoms with van der Waals surface area (Å²) in [5.74, 6) is -0.455. The van der Waals surface area contributed by atoms with Gasteiger partial charge in [0.2, 0.25) is 10.0 Å². The van der Waals surface area contributed by atoms with E-state index in [1.165, 1.54) is 12.1 Å². The summed E-state index contributed by atoms with van der Waals surface area (Å²) in [6.45, 7) is 4.02. The second kappa shape index (κ2) is 8.03. The normalized spacial score (nSPS) is 20.5. The summed E-state index contributed by atoms with van der Waals surface area (Å²) in [7, 11) is -3.87. The summed E-state index contributed by atoms with van der Waals surface area (Å²) < 4.78 is 23.4. The molecular formula is C24H23ClN4O3S. The monoisotopic (exact) mass is 482 g/mol. The number of anilines is 1. The van der Waals surface area contributed by atoms with Gasteiger partial charge in [0.05, 0.1) is 22.5 Å². The van der Waals surface area contributed by atoms with Crippen molar-refractivity contribution < 1.29 is 13.2 Å². The first-order chi connectivity index (χ1) is 15.4. The Labute approximate surface area is 198 Å². The van der Waals surface area contributed by atoms with Gasteiger partial charge in [-0.3, -0.25) is 9.69 Å². The lowest BCUT2D eigenvalue weighted by atomic mass is 9.68. The summed E-state index contributed by atoms with van der Waals surface area (Å²) in [6.07, 6.45) is 0.890. The first-order valence-corrected chi connectivity index (χ1v) is 12.2. The predicted octanol–water partition coefficient (Wildman–Crippen LogP) is 3.93. The van der Waals surface area contributed by atoms with E-state index in [-0.39, 0.29) is 27.5 Å². The van der Waals surface area contributed by atoms with Gasteiger partial charge < -0.3 is 5.73 Å². The first kappa shape index (κ1) is 23.1. The molecule has 4 rings (SSSR count). The van der Waals surface area contributed by atoms with Crippen molar-refractivity contribution in [3.63, 3.8) is 0 Å².